The zero-order valence-electron chi connectivity index (χ0n) is 20.9. The van der Waals surface area contributed by atoms with E-state index in [1.54, 1.807) is 0 Å². The summed E-state index contributed by atoms with van der Waals surface area (Å²) in [7, 11) is 0. The lowest BCUT2D eigenvalue weighted by molar-refractivity contribution is -0.179. The maximum absolute atomic E-state index is 9.38. The van der Waals surface area contributed by atoms with E-state index in [2.05, 4.69) is 27.7 Å². The van der Waals surface area contributed by atoms with E-state index in [9.17, 15) is 10.2 Å². The number of hydrogen-bond donors (Lipinski definition) is 5. The third-order valence-electron chi connectivity index (χ3n) is 6.20. The Morgan fingerprint density at radius 2 is 0.935 bits per heavy atom. The lowest BCUT2D eigenvalue weighted by Gasteiger charge is -2.45. The van der Waals surface area contributed by atoms with Crippen molar-refractivity contribution in [1.82, 2.24) is 0 Å². The van der Waals surface area contributed by atoms with Gasteiger partial charge in [-0.2, -0.15) is 0 Å². The van der Waals surface area contributed by atoms with Crippen LogP contribution in [0.25, 0.3) is 0 Å². The average molecular weight is 451 g/mol. The van der Waals surface area contributed by atoms with Crippen LogP contribution in [-0.4, -0.2) is 69.3 Å². The molecule has 0 aliphatic heterocycles. The van der Waals surface area contributed by atoms with Gasteiger partial charge in [0, 0.05) is 13.2 Å². The molecule has 0 aliphatic carbocycles. The van der Waals surface area contributed by atoms with Crippen molar-refractivity contribution in [2.45, 2.75) is 135 Å². The van der Waals surface area contributed by atoms with Gasteiger partial charge < -0.3 is 30.3 Å². The van der Waals surface area contributed by atoms with E-state index in [1.165, 1.54) is 38.5 Å². The SMILES string of the molecule is CCCCCC(CC)(CCCO)OC(CC)(CCCO)CCCCC.OCC(O)CO. The lowest BCUT2D eigenvalue weighted by Crippen LogP contribution is -2.45. The summed E-state index contributed by atoms with van der Waals surface area (Å²) in [6.45, 7) is 8.71. The third kappa shape index (κ3) is 16.1. The molecule has 0 spiro atoms. The first-order chi connectivity index (χ1) is 14.9. The second-order valence-electron chi connectivity index (χ2n) is 8.76. The van der Waals surface area contributed by atoms with Crippen LogP contribution in [-0.2, 0) is 4.74 Å². The summed E-state index contributed by atoms with van der Waals surface area (Å²) in [5.74, 6) is 0. The van der Waals surface area contributed by atoms with Crippen LogP contribution in [0.1, 0.15) is 118 Å². The highest BCUT2D eigenvalue weighted by Crippen LogP contribution is 2.39. The minimum absolute atomic E-state index is 0.115. The first-order valence-electron chi connectivity index (χ1n) is 12.7. The number of aliphatic hydroxyl groups excluding tert-OH is 5. The second-order valence-corrected chi connectivity index (χ2v) is 8.76. The molecule has 6 nitrogen and oxygen atoms in total. The Labute approximate surface area is 192 Å². The van der Waals surface area contributed by atoms with Crippen molar-refractivity contribution in [2.24, 2.45) is 0 Å². The van der Waals surface area contributed by atoms with E-state index in [4.69, 9.17) is 20.1 Å². The molecular weight excluding hydrogens is 396 g/mol. The van der Waals surface area contributed by atoms with Crippen molar-refractivity contribution in [2.75, 3.05) is 26.4 Å². The van der Waals surface area contributed by atoms with Crippen LogP contribution in [0.4, 0.5) is 0 Å². The molecule has 2 unspecified atom stereocenters. The van der Waals surface area contributed by atoms with Crippen LogP contribution >= 0.6 is 0 Å². The Bertz CT molecular complexity index is 336. The van der Waals surface area contributed by atoms with E-state index >= 15 is 0 Å². The van der Waals surface area contributed by atoms with E-state index in [0.29, 0.717) is 0 Å². The van der Waals surface area contributed by atoms with Crippen LogP contribution in [0.15, 0.2) is 0 Å². The Morgan fingerprint density at radius 1 is 0.581 bits per heavy atom. The molecular formula is C25H54O6. The minimum atomic E-state index is -0.954. The molecule has 0 radical (unpaired) electrons. The van der Waals surface area contributed by atoms with Gasteiger partial charge in [-0.1, -0.05) is 66.2 Å². The van der Waals surface area contributed by atoms with E-state index in [-0.39, 0.29) is 37.6 Å². The molecule has 0 aromatic carbocycles. The van der Waals surface area contributed by atoms with Gasteiger partial charge in [0.05, 0.1) is 24.4 Å². The standard InChI is InChI=1S/C22H46O3.C3H8O3/c1-5-9-11-15-21(7-3,17-13-19-23)25-22(8-4,18-14-20-24)16-12-10-6-2;4-1-3(6)2-5/h23-24H,5-20H2,1-4H3;3-6H,1-2H2. The van der Waals surface area contributed by atoms with Crippen LogP contribution in [0.2, 0.25) is 0 Å². The normalized spacial score (nSPS) is 15.3. The van der Waals surface area contributed by atoms with Gasteiger partial charge in [-0.15, -0.1) is 0 Å². The molecule has 6 heteroatoms. The summed E-state index contributed by atoms with van der Waals surface area (Å²) in [5, 5.41) is 42.8. The summed E-state index contributed by atoms with van der Waals surface area (Å²) >= 11 is 0. The molecule has 5 N–H and O–H groups in total. The highest BCUT2D eigenvalue weighted by atomic mass is 16.5. The first kappa shape index (κ1) is 32.9. The number of aliphatic hydroxyl groups is 5. The number of rotatable bonds is 20. The first-order valence-corrected chi connectivity index (χ1v) is 12.7. The molecule has 0 aliphatic rings. The topological polar surface area (TPSA) is 110 Å². The maximum Gasteiger partial charge on any atom is 0.100 e. The average Bonchev–Trinajstić information content (AvgIpc) is 2.80. The smallest absolute Gasteiger partial charge is 0.100 e. The van der Waals surface area contributed by atoms with Gasteiger partial charge in [-0.05, 0) is 51.4 Å². The molecule has 0 fully saturated rings. The van der Waals surface area contributed by atoms with Gasteiger partial charge in [0.15, 0.2) is 0 Å². The van der Waals surface area contributed by atoms with Gasteiger partial charge in [-0.25, -0.2) is 0 Å². The summed E-state index contributed by atoms with van der Waals surface area (Å²) in [4.78, 5) is 0. The van der Waals surface area contributed by atoms with Crippen molar-refractivity contribution in [3.05, 3.63) is 0 Å². The molecule has 0 saturated heterocycles. The third-order valence-corrected chi connectivity index (χ3v) is 6.20. The van der Waals surface area contributed by atoms with Gasteiger partial charge in [0.2, 0.25) is 0 Å². The molecule has 0 aromatic heterocycles. The number of ether oxygens (including phenoxy) is 1. The van der Waals surface area contributed by atoms with Gasteiger partial charge >= 0.3 is 0 Å². The summed E-state index contributed by atoms with van der Waals surface area (Å²) < 4.78 is 7.00. The van der Waals surface area contributed by atoms with Crippen molar-refractivity contribution in [3.8, 4) is 0 Å². The molecule has 190 valence electrons. The van der Waals surface area contributed by atoms with E-state index in [1.807, 2.05) is 0 Å². The molecule has 2 atom stereocenters. The second kappa shape index (κ2) is 21.6. The number of hydrogen-bond acceptors (Lipinski definition) is 6. The summed E-state index contributed by atoms with van der Waals surface area (Å²) in [5.41, 5.74) is -0.231. The van der Waals surface area contributed by atoms with Crippen LogP contribution in [0, 0.1) is 0 Å². The molecule has 0 aromatic rings. The van der Waals surface area contributed by atoms with Crippen molar-refractivity contribution >= 4 is 0 Å². The summed E-state index contributed by atoms with van der Waals surface area (Å²) in [6, 6.07) is 0. The summed E-state index contributed by atoms with van der Waals surface area (Å²) in [6.07, 6.45) is 14.1. The zero-order chi connectivity index (χ0) is 24.0. The molecule has 0 rings (SSSR count). The lowest BCUT2D eigenvalue weighted by atomic mass is 9.83. The highest BCUT2D eigenvalue weighted by molar-refractivity contribution is 4.88. The van der Waals surface area contributed by atoms with Crippen LogP contribution < -0.4 is 0 Å². The quantitative estimate of drug-likeness (QED) is 0.177. The fourth-order valence-electron chi connectivity index (χ4n) is 4.02. The highest BCUT2D eigenvalue weighted by Gasteiger charge is 2.38. The van der Waals surface area contributed by atoms with Crippen molar-refractivity contribution in [3.63, 3.8) is 0 Å². The Kier molecular flexibility index (Phi) is 22.9. The van der Waals surface area contributed by atoms with E-state index < -0.39 is 6.10 Å². The Hall–Kier alpha value is -0.240. The van der Waals surface area contributed by atoms with Crippen LogP contribution in [0.3, 0.4) is 0 Å². The molecule has 0 amide bonds. The fraction of sp³-hybridized carbons (Fsp3) is 1.00. The predicted octanol–water partition coefficient (Wildman–Crippen LogP) is 4.34. The fourth-order valence-corrected chi connectivity index (χ4v) is 4.02. The zero-order valence-corrected chi connectivity index (χ0v) is 20.9. The predicted molar refractivity (Wildman–Crippen MR) is 128 cm³/mol. The molecule has 0 saturated carbocycles. The Balaban J connectivity index is 0. The van der Waals surface area contributed by atoms with E-state index in [0.717, 1.165) is 51.4 Å². The largest absolute Gasteiger partial charge is 0.396 e. The van der Waals surface area contributed by atoms with Gasteiger partial charge in [0.25, 0.3) is 0 Å². The van der Waals surface area contributed by atoms with Gasteiger partial charge in [0.1, 0.15) is 6.10 Å². The number of unbranched alkanes of at least 4 members (excludes halogenated alkanes) is 4. The Morgan fingerprint density at radius 3 is 1.16 bits per heavy atom. The monoisotopic (exact) mass is 450 g/mol. The van der Waals surface area contributed by atoms with Crippen molar-refractivity contribution in [1.29, 1.82) is 0 Å². The van der Waals surface area contributed by atoms with Crippen LogP contribution in [0.5, 0.6) is 0 Å². The van der Waals surface area contributed by atoms with Gasteiger partial charge in [-0.3, -0.25) is 0 Å². The minimum Gasteiger partial charge on any atom is -0.396 e. The molecule has 0 heterocycles. The maximum atomic E-state index is 9.38. The molecule has 31 heavy (non-hydrogen) atoms. The molecule has 0 bridgehead atoms. The van der Waals surface area contributed by atoms with Crippen molar-refractivity contribution < 1.29 is 30.3 Å².